The molecule has 0 aliphatic carbocycles. The number of nitrogens with one attached hydrogen (secondary N) is 1. The van der Waals surface area contributed by atoms with Gasteiger partial charge in [-0.05, 0) is 24.3 Å². The summed E-state index contributed by atoms with van der Waals surface area (Å²) in [5.74, 6) is -0.0138. The molecule has 20 heavy (non-hydrogen) atoms. The van der Waals surface area contributed by atoms with Gasteiger partial charge in [-0.25, -0.2) is 13.6 Å². The highest BCUT2D eigenvalue weighted by Gasteiger charge is 2.09. The van der Waals surface area contributed by atoms with Gasteiger partial charge in [0.15, 0.2) is 4.34 Å². The molecule has 0 saturated heterocycles. The zero-order valence-corrected chi connectivity index (χ0v) is 12.5. The maximum atomic E-state index is 11.7. The Balaban J connectivity index is 1.91. The molecule has 10 heteroatoms. The minimum Gasteiger partial charge on any atom is -0.325 e. The normalized spacial score (nSPS) is 11.2. The van der Waals surface area contributed by atoms with Crippen LogP contribution in [0, 0.1) is 0 Å². The number of sulfonamides is 1. The molecule has 1 aromatic heterocycles. The van der Waals surface area contributed by atoms with Crippen LogP contribution in [0.3, 0.4) is 0 Å². The zero-order chi connectivity index (χ0) is 14.6. The van der Waals surface area contributed by atoms with Gasteiger partial charge in [-0.3, -0.25) is 4.79 Å². The van der Waals surface area contributed by atoms with Crippen LogP contribution >= 0.6 is 23.1 Å². The van der Waals surface area contributed by atoms with Crippen molar-refractivity contribution in [3.05, 3.63) is 29.8 Å². The minimum atomic E-state index is -3.72. The molecule has 0 atom stereocenters. The molecule has 2 rings (SSSR count). The number of carbonyl (C=O) groups is 1. The third kappa shape index (κ3) is 4.27. The number of carbonyl (C=O) groups excluding carboxylic acids is 1. The number of hydrogen-bond donors (Lipinski definition) is 2. The van der Waals surface area contributed by atoms with Gasteiger partial charge in [-0.2, -0.15) is 0 Å². The summed E-state index contributed by atoms with van der Waals surface area (Å²) in [5, 5.41) is 15.1. The number of anilines is 1. The van der Waals surface area contributed by atoms with Crippen molar-refractivity contribution in [3.8, 4) is 0 Å². The average Bonchev–Trinajstić information content (AvgIpc) is 2.89. The van der Waals surface area contributed by atoms with Crippen LogP contribution in [0.2, 0.25) is 0 Å². The second-order valence-corrected chi connectivity index (χ2v) is 7.23. The predicted octanol–water partition coefficient (Wildman–Crippen LogP) is 0.916. The maximum Gasteiger partial charge on any atom is 0.238 e. The number of hydrogen-bond acceptors (Lipinski definition) is 7. The van der Waals surface area contributed by atoms with Crippen LogP contribution in [0.15, 0.2) is 39.0 Å². The van der Waals surface area contributed by atoms with E-state index in [9.17, 15) is 13.2 Å². The third-order valence-electron chi connectivity index (χ3n) is 2.13. The lowest BCUT2D eigenvalue weighted by atomic mass is 10.3. The number of nitrogens with zero attached hydrogens (tertiary/aromatic N) is 2. The van der Waals surface area contributed by atoms with E-state index in [2.05, 4.69) is 15.5 Å². The van der Waals surface area contributed by atoms with Gasteiger partial charge in [0, 0.05) is 5.69 Å². The van der Waals surface area contributed by atoms with Gasteiger partial charge < -0.3 is 5.32 Å². The molecule has 2 aromatic rings. The van der Waals surface area contributed by atoms with E-state index in [1.165, 1.54) is 47.4 Å². The monoisotopic (exact) mass is 330 g/mol. The lowest BCUT2D eigenvalue weighted by Gasteiger charge is -2.05. The number of thioether (sulfide) groups is 1. The van der Waals surface area contributed by atoms with E-state index in [0.29, 0.717) is 10.0 Å². The topological polar surface area (TPSA) is 115 Å². The summed E-state index contributed by atoms with van der Waals surface area (Å²) in [7, 11) is -3.72. The highest BCUT2D eigenvalue weighted by atomic mass is 32.2. The van der Waals surface area contributed by atoms with Gasteiger partial charge in [-0.1, -0.05) is 23.1 Å². The summed E-state index contributed by atoms with van der Waals surface area (Å²) >= 11 is 2.63. The summed E-state index contributed by atoms with van der Waals surface area (Å²) in [4.78, 5) is 11.7. The second kappa shape index (κ2) is 6.31. The zero-order valence-electron chi connectivity index (χ0n) is 10.0. The quantitative estimate of drug-likeness (QED) is 0.788. The molecular weight excluding hydrogens is 320 g/mol. The SMILES string of the molecule is NS(=O)(=O)c1ccc(NC(=O)CSc2nncs2)cc1. The number of nitrogens with two attached hydrogens (primary N) is 1. The van der Waals surface area contributed by atoms with Crippen LogP contribution in [0.1, 0.15) is 0 Å². The van der Waals surface area contributed by atoms with Gasteiger partial charge in [-0.15, -0.1) is 10.2 Å². The summed E-state index contributed by atoms with van der Waals surface area (Å²) in [6.45, 7) is 0. The highest BCUT2D eigenvalue weighted by molar-refractivity contribution is 8.01. The van der Waals surface area contributed by atoms with Crippen LogP contribution in [0.4, 0.5) is 5.69 Å². The molecule has 7 nitrogen and oxygen atoms in total. The molecule has 0 radical (unpaired) electrons. The van der Waals surface area contributed by atoms with Gasteiger partial charge in [0.2, 0.25) is 15.9 Å². The Hall–Kier alpha value is -1.49. The largest absolute Gasteiger partial charge is 0.325 e. The Morgan fingerprint density at radius 3 is 2.60 bits per heavy atom. The summed E-state index contributed by atoms with van der Waals surface area (Å²) in [5.41, 5.74) is 2.09. The molecule has 1 heterocycles. The van der Waals surface area contributed by atoms with Crippen molar-refractivity contribution in [2.24, 2.45) is 5.14 Å². The van der Waals surface area contributed by atoms with Crippen LogP contribution in [0.5, 0.6) is 0 Å². The lowest BCUT2D eigenvalue weighted by Crippen LogP contribution is -2.15. The highest BCUT2D eigenvalue weighted by Crippen LogP contribution is 2.19. The number of primary sulfonamides is 1. The van der Waals surface area contributed by atoms with Crippen LogP contribution < -0.4 is 10.5 Å². The Kier molecular flexibility index (Phi) is 4.70. The smallest absolute Gasteiger partial charge is 0.238 e. The molecule has 0 bridgehead atoms. The van der Waals surface area contributed by atoms with Crippen LogP contribution in [-0.4, -0.2) is 30.3 Å². The van der Waals surface area contributed by atoms with Crippen molar-refractivity contribution in [1.29, 1.82) is 0 Å². The first kappa shape index (κ1) is 14.9. The van der Waals surface area contributed by atoms with Crippen molar-refractivity contribution in [3.63, 3.8) is 0 Å². The fourth-order valence-corrected chi connectivity index (χ4v) is 3.08. The first-order valence-electron chi connectivity index (χ1n) is 5.27. The van der Waals surface area contributed by atoms with Gasteiger partial charge in [0.25, 0.3) is 0 Å². The number of amides is 1. The number of rotatable bonds is 5. The van der Waals surface area contributed by atoms with E-state index in [0.717, 1.165) is 0 Å². The standard InChI is InChI=1S/C10H10N4O3S3/c11-20(16,17)8-3-1-7(2-4-8)13-9(15)5-18-10-14-12-6-19-10/h1-4,6H,5H2,(H,13,15)(H2,11,16,17). The number of aromatic nitrogens is 2. The third-order valence-corrected chi connectivity index (χ3v) is 4.92. The molecule has 3 N–H and O–H groups in total. The molecule has 1 aromatic carbocycles. The molecule has 0 unspecified atom stereocenters. The van der Waals surface area contributed by atoms with Crippen LogP contribution in [-0.2, 0) is 14.8 Å². The second-order valence-electron chi connectivity index (χ2n) is 3.61. The van der Waals surface area contributed by atoms with Crippen molar-refractivity contribution < 1.29 is 13.2 Å². The molecule has 106 valence electrons. The Labute approximate surface area is 123 Å². The Bertz CT molecular complexity index is 683. The first-order valence-corrected chi connectivity index (χ1v) is 8.68. The van der Waals surface area contributed by atoms with E-state index >= 15 is 0 Å². The van der Waals surface area contributed by atoms with E-state index in [4.69, 9.17) is 5.14 Å². The number of benzene rings is 1. The lowest BCUT2D eigenvalue weighted by molar-refractivity contribution is -0.113. The maximum absolute atomic E-state index is 11.7. The van der Waals surface area contributed by atoms with E-state index in [1.54, 1.807) is 5.51 Å². The van der Waals surface area contributed by atoms with Gasteiger partial charge in [0.1, 0.15) is 5.51 Å². The van der Waals surface area contributed by atoms with Crippen LogP contribution in [0.25, 0.3) is 0 Å². The molecule has 0 aliphatic heterocycles. The summed E-state index contributed by atoms with van der Waals surface area (Å²) < 4.78 is 22.9. The minimum absolute atomic E-state index is 0.00117. The van der Waals surface area contributed by atoms with E-state index in [-0.39, 0.29) is 16.6 Å². The average molecular weight is 330 g/mol. The van der Waals surface area contributed by atoms with Crippen molar-refractivity contribution in [2.75, 3.05) is 11.1 Å². The van der Waals surface area contributed by atoms with Crippen molar-refractivity contribution >= 4 is 44.7 Å². The summed E-state index contributed by atoms with van der Waals surface area (Å²) in [6.07, 6.45) is 0. The Morgan fingerprint density at radius 1 is 1.35 bits per heavy atom. The van der Waals surface area contributed by atoms with E-state index < -0.39 is 10.0 Å². The van der Waals surface area contributed by atoms with E-state index in [1.807, 2.05) is 0 Å². The molecule has 0 aliphatic rings. The molecule has 0 spiro atoms. The van der Waals surface area contributed by atoms with Gasteiger partial charge in [0.05, 0.1) is 10.6 Å². The fraction of sp³-hybridized carbons (Fsp3) is 0.100. The molecule has 1 amide bonds. The first-order chi connectivity index (χ1) is 9.45. The van der Waals surface area contributed by atoms with Gasteiger partial charge >= 0.3 is 0 Å². The molecular formula is C10H10N4O3S3. The summed E-state index contributed by atoms with van der Waals surface area (Å²) in [6, 6.07) is 5.63. The Morgan fingerprint density at radius 2 is 2.05 bits per heavy atom. The fourth-order valence-electron chi connectivity index (χ4n) is 1.28. The molecule has 0 saturated carbocycles. The van der Waals surface area contributed by atoms with Crippen molar-refractivity contribution in [1.82, 2.24) is 10.2 Å². The van der Waals surface area contributed by atoms with Crippen molar-refractivity contribution in [2.45, 2.75) is 9.24 Å². The predicted molar refractivity (Wildman–Crippen MR) is 77.1 cm³/mol. The molecule has 0 fully saturated rings.